The summed E-state index contributed by atoms with van der Waals surface area (Å²) in [6.45, 7) is 1.82. The van der Waals surface area contributed by atoms with Gasteiger partial charge in [-0.05, 0) is 55.5 Å². The van der Waals surface area contributed by atoms with Crippen molar-refractivity contribution in [1.29, 1.82) is 0 Å². The number of benzene rings is 1. The summed E-state index contributed by atoms with van der Waals surface area (Å²) in [5.74, 6) is 0.733. The molecule has 0 spiro atoms. The van der Waals surface area contributed by atoms with Crippen LogP contribution >= 0.6 is 11.6 Å². The van der Waals surface area contributed by atoms with Crippen LogP contribution in [-0.4, -0.2) is 20.5 Å². The van der Waals surface area contributed by atoms with Gasteiger partial charge >= 0.3 is 0 Å². The molecule has 5 nitrogen and oxygen atoms in total. The van der Waals surface area contributed by atoms with Crippen molar-refractivity contribution in [2.45, 2.75) is 30.8 Å². The molecule has 1 aromatic carbocycles. The molecule has 1 heterocycles. The number of aromatic nitrogens is 1. The van der Waals surface area contributed by atoms with Gasteiger partial charge in [-0.1, -0.05) is 23.7 Å². The number of halogens is 1. The van der Waals surface area contributed by atoms with E-state index in [9.17, 15) is 8.42 Å². The molecule has 2 aromatic rings. The molecule has 7 heteroatoms. The minimum absolute atomic E-state index is 0.0942. The standard InChI is InChI=1S/C17H19ClN2O3S/c1-11-6-9-13(10-14(11)18)24(21,22)20-16-5-3-4-15(19-16)17(23-2)12-7-8-12/h3-6,9-10,12,17H,7-8H2,1-2H3,(H,19,20). The first-order valence-corrected chi connectivity index (χ1v) is 9.55. The lowest BCUT2D eigenvalue weighted by molar-refractivity contribution is 0.0812. The van der Waals surface area contributed by atoms with Crippen LogP contribution in [-0.2, 0) is 14.8 Å². The smallest absolute Gasteiger partial charge is 0.263 e. The molecule has 1 aliphatic carbocycles. The number of anilines is 1. The fourth-order valence-corrected chi connectivity index (χ4v) is 3.83. The molecular formula is C17H19ClN2O3S. The number of hydrogen-bond donors (Lipinski definition) is 1. The van der Waals surface area contributed by atoms with Crippen molar-refractivity contribution in [2.24, 2.45) is 5.92 Å². The van der Waals surface area contributed by atoms with Crippen molar-refractivity contribution in [3.05, 3.63) is 52.7 Å². The fraction of sp³-hybridized carbons (Fsp3) is 0.353. The third-order valence-corrected chi connectivity index (χ3v) is 5.82. The summed E-state index contributed by atoms with van der Waals surface area (Å²) in [5.41, 5.74) is 1.56. The zero-order valence-corrected chi connectivity index (χ0v) is 15.1. The van der Waals surface area contributed by atoms with Gasteiger partial charge in [-0.3, -0.25) is 4.72 Å². The van der Waals surface area contributed by atoms with Crippen LogP contribution in [0.2, 0.25) is 5.02 Å². The highest BCUT2D eigenvalue weighted by molar-refractivity contribution is 7.92. The average molecular weight is 367 g/mol. The normalized spacial score (nSPS) is 16.0. The Balaban J connectivity index is 1.85. The number of nitrogens with zero attached hydrogens (tertiary/aromatic N) is 1. The molecule has 128 valence electrons. The lowest BCUT2D eigenvalue weighted by atomic mass is 10.1. The van der Waals surface area contributed by atoms with Gasteiger partial charge in [0.1, 0.15) is 11.9 Å². The number of ether oxygens (including phenoxy) is 1. The number of sulfonamides is 1. The van der Waals surface area contributed by atoms with Crippen LogP contribution in [0.15, 0.2) is 41.3 Å². The Hall–Kier alpha value is -1.63. The second-order valence-corrected chi connectivity index (χ2v) is 8.05. The zero-order chi connectivity index (χ0) is 17.3. The minimum Gasteiger partial charge on any atom is -0.375 e. The molecule has 1 aliphatic rings. The fourth-order valence-electron chi connectivity index (χ4n) is 2.56. The molecular weight excluding hydrogens is 348 g/mol. The van der Waals surface area contributed by atoms with E-state index in [2.05, 4.69) is 9.71 Å². The van der Waals surface area contributed by atoms with Gasteiger partial charge in [0.2, 0.25) is 0 Å². The van der Waals surface area contributed by atoms with Gasteiger partial charge < -0.3 is 4.74 Å². The topological polar surface area (TPSA) is 68.3 Å². The predicted molar refractivity (Wildman–Crippen MR) is 93.7 cm³/mol. The van der Waals surface area contributed by atoms with E-state index in [0.717, 1.165) is 24.1 Å². The molecule has 3 rings (SSSR count). The zero-order valence-electron chi connectivity index (χ0n) is 13.5. The van der Waals surface area contributed by atoms with Gasteiger partial charge in [0.05, 0.1) is 10.6 Å². The number of rotatable bonds is 6. The Kier molecular flexibility index (Phi) is 4.80. The highest BCUT2D eigenvalue weighted by Gasteiger charge is 2.33. The summed E-state index contributed by atoms with van der Waals surface area (Å²) in [5, 5.41) is 0.410. The molecule has 1 aromatic heterocycles. The lowest BCUT2D eigenvalue weighted by Crippen LogP contribution is -2.15. The van der Waals surface area contributed by atoms with E-state index >= 15 is 0 Å². The van der Waals surface area contributed by atoms with Crippen LogP contribution in [0.25, 0.3) is 0 Å². The third kappa shape index (κ3) is 3.71. The van der Waals surface area contributed by atoms with Gasteiger partial charge in [0, 0.05) is 12.1 Å². The molecule has 1 N–H and O–H groups in total. The van der Waals surface area contributed by atoms with Crippen molar-refractivity contribution in [3.63, 3.8) is 0 Å². The number of aryl methyl sites for hydroxylation is 1. The van der Waals surface area contributed by atoms with Crippen LogP contribution < -0.4 is 4.72 Å². The van der Waals surface area contributed by atoms with Crippen molar-refractivity contribution in [2.75, 3.05) is 11.8 Å². The number of hydrogen-bond acceptors (Lipinski definition) is 4. The van der Waals surface area contributed by atoms with E-state index in [1.54, 1.807) is 25.3 Å². The van der Waals surface area contributed by atoms with Crippen LogP contribution in [0.3, 0.4) is 0 Å². The summed E-state index contributed by atoms with van der Waals surface area (Å²) >= 11 is 6.03. The van der Waals surface area contributed by atoms with Crippen molar-refractivity contribution < 1.29 is 13.2 Å². The Bertz CT molecular complexity index is 851. The highest BCUT2D eigenvalue weighted by Crippen LogP contribution is 2.42. The Morgan fingerprint density at radius 1 is 1.29 bits per heavy atom. The summed E-state index contributed by atoms with van der Waals surface area (Å²) in [6.07, 6.45) is 2.12. The molecule has 1 atom stereocenters. The van der Waals surface area contributed by atoms with Gasteiger partial charge in [0.25, 0.3) is 10.0 Å². The SMILES string of the molecule is COC(c1cccc(NS(=O)(=O)c2ccc(C)c(Cl)c2)n1)C1CC1. The average Bonchev–Trinajstić information content (AvgIpc) is 3.35. The maximum Gasteiger partial charge on any atom is 0.263 e. The first-order chi connectivity index (χ1) is 11.4. The highest BCUT2D eigenvalue weighted by atomic mass is 35.5. The molecule has 0 aliphatic heterocycles. The summed E-state index contributed by atoms with van der Waals surface area (Å²) in [6, 6.07) is 9.88. The monoisotopic (exact) mass is 366 g/mol. The maximum atomic E-state index is 12.5. The van der Waals surface area contributed by atoms with E-state index in [0.29, 0.717) is 10.9 Å². The molecule has 0 radical (unpaired) electrons. The number of nitrogens with one attached hydrogen (secondary N) is 1. The molecule has 1 saturated carbocycles. The maximum absolute atomic E-state index is 12.5. The van der Waals surface area contributed by atoms with E-state index in [-0.39, 0.29) is 16.8 Å². The summed E-state index contributed by atoms with van der Waals surface area (Å²) < 4.78 is 33.1. The lowest BCUT2D eigenvalue weighted by Gasteiger charge is -2.15. The van der Waals surface area contributed by atoms with Crippen LogP contribution in [0, 0.1) is 12.8 Å². The molecule has 0 saturated heterocycles. The summed E-state index contributed by atoms with van der Waals surface area (Å²) in [7, 11) is -2.10. The molecule has 0 bridgehead atoms. The second kappa shape index (κ2) is 6.70. The second-order valence-electron chi connectivity index (χ2n) is 5.96. The first kappa shape index (κ1) is 17.2. The quantitative estimate of drug-likeness (QED) is 0.840. The summed E-state index contributed by atoms with van der Waals surface area (Å²) in [4.78, 5) is 4.51. The van der Waals surface area contributed by atoms with Crippen LogP contribution in [0.4, 0.5) is 5.82 Å². The minimum atomic E-state index is -3.74. The third-order valence-electron chi connectivity index (χ3n) is 4.06. The van der Waals surface area contributed by atoms with Crippen molar-refractivity contribution >= 4 is 27.4 Å². The molecule has 0 amide bonds. The predicted octanol–water partition coefficient (Wildman–Crippen LogP) is 3.94. The number of pyridine rings is 1. The van der Waals surface area contributed by atoms with E-state index < -0.39 is 10.0 Å². The van der Waals surface area contributed by atoms with Gasteiger partial charge in [-0.15, -0.1) is 0 Å². The molecule has 1 fully saturated rings. The first-order valence-electron chi connectivity index (χ1n) is 7.69. The molecule has 1 unspecified atom stereocenters. The van der Waals surface area contributed by atoms with Gasteiger partial charge in [-0.25, -0.2) is 13.4 Å². The van der Waals surface area contributed by atoms with E-state index in [1.807, 2.05) is 13.0 Å². The van der Waals surface area contributed by atoms with E-state index in [1.165, 1.54) is 12.1 Å². The Morgan fingerprint density at radius 2 is 2.04 bits per heavy atom. The Morgan fingerprint density at radius 3 is 2.67 bits per heavy atom. The van der Waals surface area contributed by atoms with Gasteiger partial charge in [0.15, 0.2) is 0 Å². The Labute approximate surface area is 147 Å². The van der Waals surface area contributed by atoms with Crippen LogP contribution in [0.5, 0.6) is 0 Å². The van der Waals surface area contributed by atoms with Gasteiger partial charge in [-0.2, -0.15) is 0 Å². The largest absolute Gasteiger partial charge is 0.375 e. The van der Waals surface area contributed by atoms with E-state index in [4.69, 9.17) is 16.3 Å². The van der Waals surface area contributed by atoms with Crippen molar-refractivity contribution in [3.8, 4) is 0 Å². The van der Waals surface area contributed by atoms with Crippen molar-refractivity contribution in [1.82, 2.24) is 4.98 Å². The molecule has 24 heavy (non-hydrogen) atoms. The number of methoxy groups -OCH3 is 1. The van der Waals surface area contributed by atoms with Crippen LogP contribution in [0.1, 0.15) is 30.2 Å².